The highest BCUT2D eigenvalue weighted by atomic mass is 16.6. The van der Waals surface area contributed by atoms with Crippen molar-refractivity contribution in [2.75, 3.05) is 32.7 Å². The molecule has 1 aromatic carbocycles. The molecule has 2 aromatic rings. The van der Waals surface area contributed by atoms with Gasteiger partial charge in [0.05, 0.1) is 23.8 Å². The molecular weight excluding hydrogens is 464 g/mol. The second-order valence-electron chi connectivity index (χ2n) is 10.4. The summed E-state index contributed by atoms with van der Waals surface area (Å²) in [5, 5.41) is 6.62. The van der Waals surface area contributed by atoms with Crippen LogP contribution in [0.4, 0.5) is 4.79 Å². The van der Waals surface area contributed by atoms with Crippen LogP contribution >= 0.6 is 0 Å². The van der Waals surface area contributed by atoms with Crippen LogP contribution in [-0.4, -0.2) is 66.1 Å². The zero-order chi connectivity index (χ0) is 26.7. The van der Waals surface area contributed by atoms with E-state index in [2.05, 4.69) is 51.7 Å². The molecule has 1 aliphatic rings. The monoisotopic (exact) mass is 504 g/mol. The second kappa shape index (κ2) is 13.9. The van der Waals surface area contributed by atoms with E-state index in [0.29, 0.717) is 30.8 Å². The maximum absolute atomic E-state index is 13.4. The van der Waals surface area contributed by atoms with Gasteiger partial charge in [-0.2, -0.15) is 0 Å². The average molecular weight is 505 g/mol. The maximum atomic E-state index is 13.4. The number of rotatable bonds is 9. The molecule has 1 saturated heterocycles. The third-order valence-corrected chi connectivity index (χ3v) is 6.14. The Balaban J connectivity index is 1.50. The van der Waals surface area contributed by atoms with Crippen molar-refractivity contribution in [1.82, 2.24) is 20.5 Å². The van der Waals surface area contributed by atoms with Gasteiger partial charge in [0.2, 0.25) is 0 Å². The third kappa shape index (κ3) is 9.31. The van der Waals surface area contributed by atoms with Crippen LogP contribution in [0.25, 0.3) is 0 Å². The molecule has 0 radical (unpaired) electrons. The van der Waals surface area contributed by atoms with Crippen LogP contribution < -0.4 is 10.6 Å². The predicted octanol–water partition coefficient (Wildman–Crippen LogP) is 4.14. The molecule has 1 fully saturated rings. The third-order valence-electron chi connectivity index (χ3n) is 6.14. The Morgan fingerprint density at radius 2 is 1.95 bits per heavy atom. The van der Waals surface area contributed by atoms with Gasteiger partial charge in [0.15, 0.2) is 5.78 Å². The summed E-state index contributed by atoms with van der Waals surface area (Å²) < 4.78 is 5.49. The summed E-state index contributed by atoms with van der Waals surface area (Å²) in [4.78, 5) is 31.9. The number of nitrogens with zero attached hydrogens (tertiary/aromatic N) is 2. The number of unbranched alkanes of at least 4 members (excludes halogenated alkanes) is 2. The van der Waals surface area contributed by atoms with Gasteiger partial charge in [0.25, 0.3) is 0 Å². The van der Waals surface area contributed by atoms with Gasteiger partial charge in [-0.3, -0.25) is 9.78 Å². The summed E-state index contributed by atoms with van der Waals surface area (Å²) in [7, 11) is 0. The molecule has 0 aliphatic carbocycles. The lowest BCUT2D eigenvalue weighted by Gasteiger charge is -2.34. The van der Waals surface area contributed by atoms with E-state index < -0.39 is 17.7 Å². The van der Waals surface area contributed by atoms with Crippen molar-refractivity contribution in [3.05, 3.63) is 65.0 Å². The second-order valence-corrected chi connectivity index (χ2v) is 10.4. The summed E-state index contributed by atoms with van der Waals surface area (Å²) in [5.74, 6) is 6.22. The van der Waals surface area contributed by atoms with Gasteiger partial charge in [0.1, 0.15) is 5.60 Å². The molecule has 7 nitrogen and oxygen atoms in total. The Kier molecular flexibility index (Phi) is 10.7. The van der Waals surface area contributed by atoms with Crippen molar-refractivity contribution < 1.29 is 14.3 Å². The van der Waals surface area contributed by atoms with E-state index in [0.717, 1.165) is 25.1 Å². The minimum atomic E-state index is -0.581. The van der Waals surface area contributed by atoms with Crippen LogP contribution in [0.2, 0.25) is 0 Å². The fourth-order valence-electron chi connectivity index (χ4n) is 4.22. The van der Waals surface area contributed by atoms with Crippen molar-refractivity contribution in [3.63, 3.8) is 0 Å². The number of nitrogens with one attached hydrogen (secondary N) is 2. The van der Waals surface area contributed by atoms with Gasteiger partial charge in [-0.1, -0.05) is 48.6 Å². The zero-order valence-electron chi connectivity index (χ0n) is 22.6. The fourth-order valence-corrected chi connectivity index (χ4v) is 4.22. The summed E-state index contributed by atoms with van der Waals surface area (Å²) in [6.07, 6.45) is 5.80. The van der Waals surface area contributed by atoms with Crippen LogP contribution in [0.15, 0.2) is 42.6 Å². The van der Waals surface area contributed by atoms with Crippen molar-refractivity contribution in [2.45, 2.75) is 65.0 Å². The van der Waals surface area contributed by atoms with Crippen LogP contribution in [0, 0.1) is 18.8 Å². The number of piperazine rings is 1. The van der Waals surface area contributed by atoms with Crippen LogP contribution in [0.5, 0.6) is 0 Å². The first-order valence-corrected chi connectivity index (χ1v) is 13.2. The SMILES string of the molecule is Cc1nccc(C(=O)C2CN(C(=O)OC(C)(C)C)CCN2)c1C#CCNCCCCCc1ccccc1. The normalized spacial score (nSPS) is 15.6. The fraction of sp³-hybridized carbons (Fsp3) is 0.500. The Labute approximate surface area is 221 Å². The van der Waals surface area contributed by atoms with E-state index in [9.17, 15) is 9.59 Å². The number of carbonyl (C=O) groups excluding carboxylic acids is 2. The molecule has 1 aliphatic heterocycles. The first-order chi connectivity index (χ1) is 17.7. The van der Waals surface area contributed by atoms with E-state index >= 15 is 0 Å². The van der Waals surface area contributed by atoms with E-state index in [-0.39, 0.29) is 12.3 Å². The van der Waals surface area contributed by atoms with E-state index in [1.807, 2.05) is 33.8 Å². The Morgan fingerprint density at radius 1 is 1.16 bits per heavy atom. The number of aryl methyl sites for hydroxylation is 2. The first-order valence-electron chi connectivity index (χ1n) is 13.2. The highest BCUT2D eigenvalue weighted by Crippen LogP contribution is 2.17. The topological polar surface area (TPSA) is 83.6 Å². The number of ketones is 1. The molecule has 1 amide bonds. The number of Topliss-reactive ketones (excluding diaryl/α,β-unsaturated/α-hetero) is 1. The molecule has 0 bridgehead atoms. The molecule has 1 unspecified atom stereocenters. The van der Waals surface area contributed by atoms with Gasteiger partial charge < -0.3 is 20.3 Å². The largest absolute Gasteiger partial charge is 0.444 e. The number of hydrogen-bond acceptors (Lipinski definition) is 6. The van der Waals surface area contributed by atoms with Crippen molar-refractivity contribution >= 4 is 11.9 Å². The van der Waals surface area contributed by atoms with Crippen LogP contribution in [0.1, 0.15) is 67.2 Å². The van der Waals surface area contributed by atoms with Crippen LogP contribution in [0.3, 0.4) is 0 Å². The first kappa shape index (κ1) is 28.4. The minimum Gasteiger partial charge on any atom is -0.444 e. The molecule has 7 heteroatoms. The lowest BCUT2D eigenvalue weighted by molar-refractivity contribution is 0.0199. The van der Waals surface area contributed by atoms with Gasteiger partial charge in [0, 0.05) is 31.4 Å². The average Bonchev–Trinajstić information content (AvgIpc) is 2.87. The molecule has 2 N–H and O–H groups in total. The predicted molar refractivity (Wildman–Crippen MR) is 147 cm³/mol. The number of benzene rings is 1. The number of amides is 1. The van der Waals surface area contributed by atoms with Gasteiger partial charge in [-0.25, -0.2) is 4.79 Å². The summed E-state index contributed by atoms with van der Waals surface area (Å²) in [5.41, 5.74) is 2.71. The molecule has 0 saturated carbocycles. The Hall–Kier alpha value is -3.21. The number of aromatic nitrogens is 1. The molecule has 0 spiro atoms. The highest BCUT2D eigenvalue weighted by molar-refractivity contribution is 6.02. The lowest BCUT2D eigenvalue weighted by Crippen LogP contribution is -2.56. The smallest absolute Gasteiger partial charge is 0.410 e. The molecule has 1 aromatic heterocycles. The van der Waals surface area contributed by atoms with Gasteiger partial charge >= 0.3 is 6.09 Å². The molecule has 1 atom stereocenters. The molecule has 3 rings (SSSR count). The number of hydrogen-bond donors (Lipinski definition) is 2. The summed E-state index contributed by atoms with van der Waals surface area (Å²) >= 11 is 0. The van der Waals surface area contributed by atoms with E-state index in [1.165, 1.54) is 18.4 Å². The minimum absolute atomic E-state index is 0.0885. The van der Waals surface area contributed by atoms with Crippen LogP contribution in [-0.2, 0) is 11.2 Å². The summed E-state index contributed by atoms with van der Waals surface area (Å²) in [6, 6.07) is 11.8. The lowest BCUT2D eigenvalue weighted by atomic mass is 9.97. The highest BCUT2D eigenvalue weighted by Gasteiger charge is 2.32. The number of carbonyl (C=O) groups is 2. The molecule has 198 valence electrons. The van der Waals surface area contributed by atoms with E-state index in [4.69, 9.17) is 4.74 Å². The number of pyridine rings is 1. The van der Waals surface area contributed by atoms with Crippen molar-refractivity contribution in [1.29, 1.82) is 0 Å². The zero-order valence-corrected chi connectivity index (χ0v) is 22.6. The molecular formula is C30H40N4O3. The quantitative estimate of drug-likeness (QED) is 0.303. The molecule has 2 heterocycles. The van der Waals surface area contributed by atoms with Crippen molar-refractivity contribution in [2.24, 2.45) is 0 Å². The van der Waals surface area contributed by atoms with Gasteiger partial charge in [-0.15, -0.1) is 0 Å². The van der Waals surface area contributed by atoms with Gasteiger partial charge in [-0.05, 0) is 65.1 Å². The Bertz CT molecular complexity index is 1100. The standard InChI is InChI=1S/C30H40N4O3/c1-23-25(15-11-18-31-17-10-6-9-14-24-12-7-5-8-13-24)26(16-19-32-23)28(35)27-22-34(21-20-33-27)29(36)37-30(2,3)4/h5,7-8,12-13,16,19,27,31,33H,6,9-10,14,17-18,20-22H2,1-4H3. The molecule has 37 heavy (non-hydrogen) atoms. The van der Waals surface area contributed by atoms with Crippen molar-refractivity contribution in [3.8, 4) is 11.8 Å². The number of ether oxygens (including phenoxy) is 1. The van der Waals surface area contributed by atoms with E-state index in [1.54, 1.807) is 17.2 Å². The maximum Gasteiger partial charge on any atom is 0.410 e. The Morgan fingerprint density at radius 3 is 2.70 bits per heavy atom. The summed E-state index contributed by atoms with van der Waals surface area (Å²) in [6.45, 7) is 10.1.